The SMILES string of the molecule is Nc1nn(-c2cc(Cl)c(Oc3n[nH]c(=O)c4c3CC[C@@H]4C3CC3)c(Cl)c2)c(=O)[nH]c1=O. The number of halogens is 2. The number of H-pyrrole nitrogens is 2. The van der Waals surface area contributed by atoms with Crippen LogP contribution < -0.4 is 27.3 Å². The Morgan fingerprint density at radius 3 is 2.48 bits per heavy atom. The van der Waals surface area contributed by atoms with E-state index in [2.05, 4.69) is 20.3 Å². The molecule has 0 aliphatic heterocycles. The van der Waals surface area contributed by atoms with Crippen LogP contribution in [-0.2, 0) is 6.42 Å². The fraction of sp³-hybridized carbons (Fsp3) is 0.316. The van der Waals surface area contributed by atoms with Gasteiger partial charge >= 0.3 is 5.69 Å². The molecule has 0 radical (unpaired) electrons. The Morgan fingerprint density at radius 2 is 1.81 bits per heavy atom. The third-order valence-corrected chi connectivity index (χ3v) is 6.20. The van der Waals surface area contributed by atoms with Gasteiger partial charge in [-0.15, -0.1) is 10.2 Å². The second-order valence-electron chi connectivity index (χ2n) is 7.63. The van der Waals surface area contributed by atoms with Gasteiger partial charge in [0.1, 0.15) is 0 Å². The van der Waals surface area contributed by atoms with Crippen molar-refractivity contribution in [1.82, 2.24) is 25.0 Å². The topological polar surface area (TPSA) is 149 Å². The Bertz CT molecular complexity index is 1370. The average molecular weight is 463 g/mol. The number of hydrogen-bond donors (Lipinski definition) is 3. The number of rotatable bonds is 4. The van der Waals surface area contributed by atoms with Crippen molar-refractivity contribution >= 4 is 29.0 Å². The van der Waals surface area contributed by atoms with E-state index in [1.807, 2.05) is 0 Å². The smallest absolute Gasteiger partial charge is 0.349 e. The van der Waals surface area contributed by atoms with Crippen LogP contribution in [0.3, 0.4) is 0 Å². The highest BCUT2D eigenvalue weighted by Gasteiger charge is 2.40. The van der Waals surface area contributed by atoms with Crippen molar-refractivity contribution in [2.75, 3.05) is 5.73 Å². The fourth-order valence-corrected chi connectivity index (χ4v) is 4.62. The molecule has 0 unspecified atom stereocenters. The van der Waals surface area contributed by atoms with Gasteiger partial charge in [0.15, 0.2) is 5.75 Å². The summed E-state index contributed by atoms with van der Waals surface area (Å²) in [4.78, 5) is 37.9. The molecule has 1 aromatic carbocycles. The van der Waals surface area contributed by atoms with Gasteiger partial charge in [-0.25, -0.2) is 9.89 Å². The van der Waals surface area contributed by atoms with Crippen molar-refractivity contribution in [2.24, 2.45) is 5.92 Å². The van der Waals surface area contributed by atoms with Crippen LogP contribution in [0.2, 0.25) is 10.0 Å². The molecule has 1 atom stereocenters. The van der Waals surface area contributed by atoms with Crippen molar-refractivity contribution in [3.05, 3.63) is 64.5 Å². The maximum atomic E-state index is 12.4. The highest BCUT2D eigenvalue weighted by Crippen LogP contribution is 2.50. The number of ether oxygens (including phenoxy) is 1. The van der Waals surface area contributed by atoms with Crippen LogP contribution in [0.25, 0.3) is 5.69 Å². The van der Waals surface area contributed by atoms with E-state index >= 15 is 0 Å². The molecule has 3 aromatic rings. The molecule has 0 amide bonds. The zero-order valence-corrected chi connectivity index (χ0v) is 17.5. The number of nitrogens with two attached hydrogens (primary N) is 1. The molecule has 0 saturated heterocycles. The molecular formula is C19H16Cl2N6O4. The lowest BCUT2D eigenvalue weighted by molar-refractivity contribution is 0.448. The summed E-state index contributed by atoms with van der Waals surface area (Å²) < 4.78 is 6.78. The lowest BCUT2D eigenvalue weighted by atomic mass is 9.98. The van der Waals surface area contributed by atoms with Gasteiger partial charge < -0.3 is 10.5 Å². The second-order valence-corrected chi connectivity index (χ2v) is 8.44. The van der Waals surface area contributed by atoms with E-state index < -0.39 is 11.2 Å². The third kappa shape index (κ3) is 3.41. The number of nitrogens with zero attached hydrogens (tertiary/aromatic N) is 3. The second kappa shape index (κ2) is 7.24. The van der Waals surface area contributed by atoms with E-state index in [0.717, 1.165) is 35.1 Å². The maximum absolute atomic E-state index is 12.4. The first kappa shape index (κ1) is 19.8. The number of hydrogen-bond acceptors (Lipinski definition) is 7. The molecular weight excluding hydrogens is 447 g/mol. The minimum absolute atomic E-state index is 0.0828. The number of nitrogen functional groups attached to an aromatic ring is 1. The molecule has 2 heterocycles. The Kier molecular flexibility index (Phi) is 4.63. The number of nitrogens with one attached hydrogen (secondary N) is 2. The van der Waals surface area contributed by atoms with Crippen LogP contribution in [0.4, 0.5) is 5.82 Å². The summed E-state index contributed by atoms with van der Waals surface area (Å²) in [6.07, 6.45) is 3.83. The number of aromatic amines is 2. The Labute approximate surface area is 184 Å². The summed E-state index contributed by atoms with van der Waals surface area (Å²) in [5.41, 5.74) is 5.40. The molecule has 4 N–H and O–H groups in total. The third-order valence-electron chi connectivity index (χ3n) is 5.63. The molecule has 2 aliphatic carbocycles. The molecule has 31 heavy (non-hydrogen) atoms. The molecule has 1 fully saturated rings. The van der Waals surface area contributed by atoms with E-state index in [9.17, 15) is 14.4 Å². The minimum atomic E-state index is -0.800. The first-order chi connectivity index (χ1) is 14.8. The largest absolute Gasteiger partial charge is 0.434 e. The van der Waals surface area contributed by atoms with Gasteiger partial charge in [-0.1, -0.05) is 23.2 Å². The van der Waals surface area contributed by atoms with E-state index in [1.54, 1.807) is 0 Å². The minimum Gasteiger partial charge on any atom is -0.434 e. The van der Waals surface area contributed by atoms with Gasteiger partial charge in [0, 0.05) is 11.1 Å². The number of aromatic nitrogens is 5. The maximum Gasteiger partial charge on any atom is 0.349 e. The van der Waals surface area contributed by atoms with Crippen LogP contribution in [0.15, 0.2) is 26.5 Å². The first-order valence-electron chi connectivity index (χ1n) is 9.61. The van der Waals surface area contributed by atoms with Crippen LogP contribution in [0.5, 0.6) is 11.6 Å². The van der Waals surface area contributed by atoms with Crippen molar-refractivity contribution in [3.8, 4) is 17.3 Å². The predicted octanol–water partition coefficient (Wildman–Crippen LogP) is 2.13. The number of anilines is 1. The van der Waals surface area contributed by atoms with Crippen molar-refractivity contribution in [1.29, 1.82) is 0 Å². The van der Waals surface area contributed by atoms with Gasteiger partial charge in [0.2, 0.25) is 11.7 Å². The lowest BCUT2D eigenvalue weighted by Gasteiger charge is -2.14. The highest BCUT2D eigenvalue weighted by molar-refractivity contribution is 6.37. The quantitative estimate of drug-likeness (QED) is 0.537. The Hall–Kier alpha value is -3.11. The molecule has 0 spiro atoms. The average Bonchev–Trinajstić information content (AvgIpc) is 3.47. The highest BCUT2D eigenvalue weighted by atomic mass is 35.5. The monoisotopic (exact) mass is 462 g/mol. The number of fused-ring (bicyclic) bond motifs is 1. The normalized spacial score (nSPS) is 17.5. The number of benzene rings is 1. The van der Waals surface area contributed by atoms with Gasteiger partial charge in [-0.05, 0) is 49.7 Å². The van der Waals surface area contributed by atoms with Crippen LogP contribution in [0, 0.1) is 5.92 Å². The molecule has 2 aromatic heterocycles. The van der Waals surface area contributed by atoms with E-state index in [0.29, 0.717) is 12.3 Å². The summed E-state index contributed by atoms with van der Waals surface area (Å²) >= 11 is 12.7. The van der Waals surface area contributed by atoms with Crippen molar-refractivity contribution in [2.45, 2.75) is 31.6 Å². The summed E-state index contributed by atoms with van der Waals surface area (Å²) in [6, 6.07) is 2.79. The van der Waals surface area contributed by atoms with Crippen LogP contribution in [0.1, 0.15) is 36.3 Å². The molecule has 12 heteroatoms. The standard InChI is InChI=1S/C19H16Cl2N6O4/c20-11-5-8(27-19(30)23-17(29)15(22)26-27)6-12(21)14(11)31-18-10-4-3-9(7-1-2-7)13(10)16(28)24-25-18/h5-7,9H,1-4H2,(H2,22,26)(H,24,28)(H,23,29,30)/t9-/m1/s1. The summed E-state index contributed by atoms with van der Waals surface area (Å²) in [5.74, 6) is 0.748. The van der Waals surface area contributed by atoms with Crippen LogP contribution >= 0.6 is 23.2 Å². The van der Waals surface area contributed by atoms with E-state index in [1.165, 1.54) is 12.1 Å². The Balaban J connectivity index is 1.54. The van der Waals surface area contributed by atoms with Crippen molar-refractivity contribution in [3.63, 3.8) is 0 Å². The van der Waals surface area contributed by atoms with Gasteiger partial charge in [-0.2, -0.15) is 4.68 Å². The molecule has 160 valence electrons. The van der Waals surface area contributed by atoms with Crippen molar-refractivity contribution < 1.29 is 4.74 Å². The van der Waals surface area contributed by atoms with Gasteiger partial charge in [0.05, 0.1) is 15.7 Å². The zero-order valence-electron chi connectivity index (χ0n) is 15.9. The molecule has 5 rings (SSSR count). The first-order valence-corrected chi connectivity index (χ1v) is 10.4. The fourth-order valence-electron chi connectivity index (χ4n) is 4.06. The van der Waals surface area contributed by atoms with E-state index in [-0.39, 0.29) is 44.7 Å². The molecule has 10 nitrogen and oxygen atoms in total. The van der Waals surface area contributed by atoms with Crippen LogP contribution in [-0.4, -0.2) is 25.0 Å². The van der Waals surface area contributed by atoms with Gasteiger partial charge in [0.25, 0.3) is 11.1 Å². The summed E-state index contributed by atoms with van der Waals surface area (Å²) in [7, 11) is 0. The Morgan fingerprint density at radius 1 is 1.10 bits per heavy atom. The lowest BCUT2D eigenvalue weighted by Crippen LogP contribution is -2.33. The predicted molar refractivity (Wildman–Crippen MR) is 114 cm³/mol. The summed E-state index contributed by atoms with van der Waals surface area (Å²) in [6.45, 7) is 0. The molecule has 1 saturated carbocycles. The molecule has 0 bridgehead atoms. The van der Waals surface area contributed by atoms with Gasteiger partial charge in [-0.3, -0.25) is 14.6 Å². The summed E-state index contributed by atoms with van der Waals surface area (Å²) in [5, 5.41) is 10.5. The molecule has 2 aliphatic rings. The van der Waals surface area contributed by atoms with E-state index in [4.69, 9.17) is 33.7 Å². The zero-order chi connectivity index (χ0) is 21.9.